The molecule has 0 atom stereocenters. The van der Waals surface area contributed by atoms with Gasteiger partial charge in [-0.25, -0.2) is 9.69 Å². The summed E-state index contributed by atoms with van der Waals surface area (Å²) in [6.45, 7) is 8.04. The van der Waals surface area contributed by atoms with Crippen molar-refractivity contribution in [3.05, 3.63) is 68.2 Å². The highest BCUT2D eigenvalue weighted by Gasteiger charge is 2.38. The minimum absolute atomic E-state index is 0.162. The molecule has 33 heavy (non-hydrogen) atoms. The van der Waals surface area contributed by atoms with E-state index in [0.29, 0.717) is 21.8 Å². The molecule has 170 valence electrons. The van der Waals surface area contributed by atoms with Crippen LogP contribution in [0.5, 0.6) is 0 Å². The van der Waals surface area contributed by atoms with Crippen LogP contribution in [0.3, 0.4) is 0 Å². The number of carbonyl (C=O) groups excluding carboxylic acids is 3. The molecule has 0 unspecified atom stereocenters. The summed E-state index contributed by atoms with van der Waals surface area (Å²) >= 11 is 9.97. The summed E-state index contributed by atoms with van der Waals surface area (Å²) in [4.78, 5) is 41.6. The summed E-state index contributed by atoms with van der Waals surface area (Å²) in [5.41, 5.74) is 4.30. The van der Waals surface area contributed by atoms with Crippen LogP contribution in [0.1, 0.15) is 37.5 Å². The van der Waals surface area contributed by atoms with Gasteiger partial charge in [0.25, 0.3) is 11.8 Å². The number of allylic oxidation sites excluding steroid dienone is 1. The Morgan fingerprint density at radius 1 is 1.06 bits per heavy atom. The second-order valence-corrected chi connectivity index (χ2v) is 10.1. The first-order valence-corrected chi connectivity index (χ1v) is 11.5. The monoisotopic (exact) mass is 527 g/mol. The lowest BCUT2D eigenvalue weighted by Crippen LogP contribution is -2.54. The number of urea groups is 1. The van der Waals surface area contributed by atoms with Gasteiger partial charge in [0, 0.05) is 27.8 Å². The molecule has 8 heteroatoms. The van der Waals surface area contributed by atoms with E-state index in [0.717, 1.165) is 26.2 Å². The number of halogens is 2. The van der Waals surface area contributed by atoms with Gasteiger partial charge in [-0.15, -0.1) is 0 Å². The van der Waals surface area contributed by atoms with Gasteiger partial charge < -0.3 is 4.90 Å². The van der Waals surface area contributed by atoms with E-state index in [1.54, 1.807) is 25.1 Å². The maximum absolute atomic E-state index is 13.3. The Labute approximate surface area is 206 Å². The summed E-state index contributed by atoms with van der Waals surface area (Å²) in [5.74, 6) is -1.45. The second kappa shape index (κ2) is 8.15. The van der Waals surface area contributed by atoms with Crippen LogP contribution < -0.4 is 15.1 Å². The maximum Gasteiger partial charge on any atom is 0.335 e. The number of nitrogens with zero attached hydrogens (tertiary/aromatic N) is 2. The molecule has 0 saturated carbocycles. The Hall–Kier alpha value is -2.90. The lowest BCUT2D eigenvalue weighted by molar-refractivity contribution is -0.122. The normalized spacial score (nSPS) is 18.9. The lowest BCUT2D eigenvalue weighted by Gasteiger charge is -2.40. The minimum atomic E-state index is -0.785. The number of imide groups is 2. The fourth-order valence-corrected chi connectivity index (χ4v) is 4.89. The van der Waals surface area contributed by atoms with E-state index < -0.39 is 17.8 Å². The predicted octanol–water partition coefficient (Wildman–Crippen LogP) is 5.71. The molecule has 0 bridgehead atoms. The van der Waals surface area contributed by atoms with Crippen molar-refractivity contribution in [2.75, 3.05) is 16.8 Å². The van der Waals surface area contributed by atoms with Crippen molar-refractivity contribution in [1.82, 2.24) is 5.32 Å². The third-order valence-electron chi connectivity index (χ3n) is 6.14. The number of amides is 4. The fraction of sp³-hybridized carbons (Fsp3) is 0.240. The first-order chi connectivity index (χ1) is 15.4. The molecule has 1 N–H and O–H groups in total. The zero-order valence-electron chi connectivity index (χ0n) is 18.9. The summed E-state index contributed by atoms with van der Waals surface area (Å²) < 4.78 is 0.817. The molecule has 0 radical (unpaired) electrons. The van der Waals surface area contributed by atoms with E-state index in [4.69, 9.17) is 11.6 Å². The van der Waals surface area contributed by atoms with Crippen molar-refractivity contribution in [2.45, 2.75) is 33.2 Å². The summed E-state index contributed by atoms with van der Waals surface area (Å²) in [6, 6.07) is 8.11. The first kappa shape index (κ1) is 23.3. The van der Waals surface area contributed by atoms with E-state index in [1.807, 2.05) is 26.1 Å². The third-order valence-corrected chi connectivity index (χ3v) is 6.96. The number of hydrogen-bond acceptors (Lipinski definition) is 4. The fourth-order valence-electron chi connectivity index (χ4n) is 4.20. The molecule has 2 aliphatic rings. The van der Waals surface area contributed by atoms with E-state index >= 15 is 0 Å². The molecule has 0 aromatic heterocycles. The van der Waals surface area contributed by atoms with Crippen molar-refractivity contribution in [3.8, 4) is 0 Å². The molecule has 0 aliphatic carbocycles. The molecular formula is C25H23BrClN3O3. The average molecular weight is 529 g/mol. The van der Waals surface area contributed by atoms with Gasteiger partial charge >= 0.3 is 6.03 Å². The number of benzene rings is 2. The van der Waals surface area contributed by atoms with Gasteiger partial charge in [-0.05, 0) is 80.8 Å². The zero-order valence-corrected chi connectivity index (χ0v) is 21.3. The maximum atomic E-state index is 13.3. The Kier molecular flexibility index (Phi) is 5.75. The van der Waals surface area contributed by atoms with Crippen LogP contribution in [0.2, 0.25) is 5.02 Å². The third kappa shape index (κ3) is 4.00. The molecular weight excluding hydrogens is 506 g/mol. The number of rotatable bonds is 2. The first-order valence-electron chi connectivity index (χ1n) is 10.4. The molecule has 2 aliphatic heterocycles. The van der Waals surface area contributed by atoms with Crippen LogP contribution in [0.4, 0.5) is 16.2 Å². The highest BCUT2D eigenvalue weighted by molar-refractivity contribution is 9.10. The quantitative estimate of drug-likeness (QED) is 0.400. The smallest absolute Gasteiger partial charge is 0.335 e. The summed E-state index contributed by atoms with van der Waals surface area (Å²) in [5, 5.41) is 2.67. The Balaban J connectivity index is 1.80. The van der Waals surface area contributed by atoms with Crippen molar-refractivity contribution < 1.29 is 14.4 Å². The standard InChI is InChI=1S/C25H23BrClN3O3/c1-13-8-16(26)6-7-20(13)30-23(32)18(22(31)28-24(30)33)10-15-9-17-14(2)12-25(3,4)29(5)21(17)11-19(15)27/h6-12H,1-5H3,(H,28,31,33)/b18-10+. The topological polar surface area (TPSA) is 69.7 Å². The molecule has 1 fully saturated rings. The highest BCUT2D eigenvalue weighted by Crippen LogP contribution is 2.41. The molecule has 0 spiro atoms. The number of hydrogen-bond donors (Lipinski definition) is 1. The van der Waals surface area contributed by atoms with Crippen molar-refractivity contribution in [2.24, 2.45) is 0 Å². The number of fused-ring (bicyclic) bond motifs is 1. The molecule has 2 heterocycles. The van der Waals surface area contributed by atoms with E-state index in [-0.39, 0.29) is 11.1 Å². The van der Waals surface area contributed by atoms with Gasteiger partial charge in [0.1, 0.15) is 5.57 Å². The number of nitrogens with one attached hydrogen (secondary N) is 1. The Morgan fingerprint density at radius 2 is 1.76 bits per heavy atom. The number of barbiturate groups is 1. The van der Waals surface area contributed by atoms with Gasteiger partial charge in [0.2, 0.25) is 0 Å². The average Bonchev–Trinajstić information content (AvgIpc) is 2.71. The van der Waals surface area contributed by atoms with E-state index in [1.165, 1.54) is 6.08 Å². The molecule has 6 nitrogen and oxygen atoms in total. The van der Waals surface area contributed by atoms with Crippen molar-refractivity contribution in [1.29, 1.82) is 0 Å². The second-order valence-electron chi connectivity index (χ2n) is 8.82. The van der Waals surface area contributed by atoms with Crippen LogP contribution in [-0.4, -0.2) is 30.4 Å². The van der Waals surface area contributed by atoms with E-state index in [2.05, 4.69) is 46.1 Å². The highest BCUT2D eigenvalue weighted by atomic mass is 79.9. The largest absolute Gasteiger partial charge is 0.365 e. The van der Waals surface area contributed by atoms with Crippen LogP contribution >= 0.6 is 27.5 Å². The number of aryl methyl sites for hydroxylation is 1. The molecule has 4 rings (SSSR count). The van der Waals surface area contributed by atoms with Crippen LogP contribution in [0, 0.1) is 6.92 Å². The number of anilines is 2. The van der Waals surface area contributed by atoms with Gasteiger partial charge in [-0.3, -0.25) is 14.9 Å². The molecule has 1 saturated heterocycles. The van der Waals surface area contributed by atoms with E-state index in [9.17, 15) is 14.4 Å². The Bertz CT molecular complexity index is 1300. The van der Waals surface area contributed by atoms with Crippen molar-refractivity contribution >= 4 is 68.4 Å². The summed E-state index contributed by atoms with van der Waals surface area (Å²) in [6.07, 6.45) is 3.61. The SMILES string of the molecule is CC1=CC(C)(C)N(C)c2cc(Cl)c(/C=C3\C(=O)NC(=O)N(c4ccc(Br)cc4C)C3=O)cc21. The Morgan fingerprint density at radius 3 is 2.42 bits per heavy atom. The molecule has 2 aromatic rings. The van der Waals surface area contributed by atoms with Crippen LogP contribution in [0.15, 0.2) is 46.5 Å². The lowest BCUT2D eigenvalue weighted by atomic mass is 9.88. The van der Waals surface area contributed by atoms with Gasteiger partial charge in [0.05, 0.1) is 11.2 Å². The summed E-state index contributed by atoms with van der Waals surface area (Å²) in [7, 11) is 2.00. The molecule has 2 aromatic carbocycles. The van der Waals surface area contributed by atoms with Crippen LogP contribution in [0.25, 0.3) is 11.6 Å². The zero-order chi connectivity index (χ0) is 24.2. The number of likely N-dealkylation sites (N-methyl/N-ethyl adjacent to an activating group) is 1. The predicted molar refractivity (Wildman–Crippen MR) is 135 cm³/mol. The minimum Gasteiger partial charge on any atom is -0.365 e. The van der Waals surface area contributed by atoms with Crippen molar-refractivity contribution in [3.63, 3.8) is 0 Å². The number of carbonyl (C=O) groups is 3. The van der Waals surface area contributed by atoms with Gasteiger partial charge in [-0.2, -0.15) is 0 Å². The van der Waals surface area contributed by atoms with Gasteiger partial charge in [0.15, 0.2) is 0 Å². The molecule has 4 amide bonds. The van der Waals surface area contributed by atoms with Gasteiger partial charge in [-0.1, -0.05) is 33.6 Å². The van der Waals surface area contributed by atoms with Crippen LogP contribution in [-0.2, 0) is 9.59 Å².